The highest BCUT2D eigenvalue weighted by Gasteiger charge is 2.28. The van der Waals surface area contributed by atoms with Crippen molar-refractivity contribution in [3.63, 3.8) is 0 Å². The molecule has 94 valence electrons. The van der Waals surface area contributed by atoms with Crippen LogP contribution in [0.15, 0.2) is 0 Å². The molecule has 1 atom stereocenters. The minimum absolute atomic E-state index is 0.102. The van der Waals surface area contributed by atoms with Crippen LogP contribution in [-0.2, 0) is 4.79 Å². The van der Waals surface area contributed by atoms with Gasteiger partial charge in [0.1, 0.15) is 0 Å². The lowest BCUT2D eigenvalue weighted by molar-refractivity contribution is -0.132. The molecule has 1 heterocycles. The van der Waals surface area contributed by atoms with Crippen LogP contribution in [0.25, 0.3) is 0 Å². The van der Waals surface area contributed by atoms with E-state index >= 15 is 0 Å². The van der Waals surface area contributed by atoms with Gasteiger partial charge in [0.15, 0.2) is 0 Å². The van der Waals surface area contributed by atoms with Crippen molar-refractivity contribution in [1.29, 1.82) is 0 Å². The van der Waals surface area contributed by atoms with Crippen molar-refractivity contribution in [2.24, 2.45) is 5.73 Å². The molecule has 1 aliphatic rings. The van der Waals surface area contributed by atoms with Gasteiger partial charge in [-0.2, -0.15) is 0 Å². The molecule has 3 N–H and O–H groups in total. The maximum absolute atomic E-state index is 11.9. The van der Waals surface area contributed by atoms with Gasteiger partial charge in [0, 0.05) is 25.0 Å². The zero-order chi connectivity index (χ0) is 12.4. The summed E-state index contributed by atoms with van der Waals surface area (Å²) in [4.78, 5) is 13.8. The number of nitrogens with zero attached hydrogens (tertiary/aromatic N) is 1. The second kappa shape index (κ2) is 4.72. The summed E-state index contributed by atoms with van der Waals surface area (Å²) in [5.41, 5.74) is 4.77. The summed E-state index contributed by atoms with van der Waals surface area (Å²) in [5, 5.41) is 9.92. The number of aliphatic hydroxyl groups is 1. The summed E-state index contributed by atoms with van der Waals surface area (Å²) in [6.07, 6.45) is 2.66. The molecule has 0 saturated carbocycles. The quantitative estimate of drug-likeness (QED) is 0.737. The Morgan fingerprint density at radius 1 is 1.44 bits per heavy atom. The maximum atomic E-state index is 11.9. The minimum Gasteiger partial charge on any atom is -0.390 e. The third-order valence-corrected chi connectivity index (χ3v) is 3.02. The van der Waals surface area contributed by atoms with Gasteiger partial charge in [-0.1, -0.05) is 0 Å². The molecular formula is C12H24N2O2. The molecule has 4 heteroatoms. The lowest BCUT2D eigenvalue weighted by atomic mass is 9.98. The summed E-state index contributed by atoms with van der Waals surface area (Å²) < 4.78 is 0. The summed E-state index contributed by atoms with van der Waals surface area (Å²) in [7, 11) is 0. The van der Waals surface area contributed by atoms with Gasteiger partial charge in [-0.25, -0.2) is 0 Å². The highest BCUT2D eigenvalue weighted by molar-refractivity contribution is 5.77. The average Bonchev–Trinajstić information content (AvgIpc) is 2.23. The molecule has 4 nitrogen and oxygen atoms in total. The van der Waals surface area contributed by atoms with E-state index in [0.717, 1.165) is 19.4 Å². The van der Waals surface area contributed by atoms with Crippen molar-refractivity contribution in [3.05, 3.63) is 0 Å². The molecule has 1 rings (SSSR count). The Balaban J connectivity index is 2.52. The van der Waals surface area contributed by atoms with Gasteiger partial charge in [-0.15, -0.1) is 0 Å². The molecule has 0 spiro atoms. The van der Waals surface area contributed by atoms with Crippen molar-refractivity contribution < 1.29 is 9.90 Å². The normalized spacial score (nSPS) is 27.7. The van der Waals surface area contributed by atoms with E-state index in [2.05, 4.69) is 0 Å². The molecule has 0 aromatic heterocycles. The molecule has 1 saturated heterocycles. The van der Waals surface area contributed by atoms with Crippen LogP contribution in [0, 0.1) is 0 Å². The standard InChI is InChI=1S/C12H24N2O2/c1-11(2,13)9-10(15)14-7-4-5-12(3,16)6-8-14/h16H,4-9,13H2,1-3H3. The molecule has 0 aromatic rings. The average molecular weight is 228 g/mol. The third-order valence-electron chi connectivity index (χ3n) is 3.02. The molecule has 1 amide bonds. The fourth-order valence-electron chi connectivity index (χ4n) is 2.01. The van der Waals surface area contributed by atoms with Gasteiger partial charge in [-0.05, 0) is 40.0 Å². The molecule has 1 fully saturated rings. The third kappa shape index (κ3) is 4.49. The van der Waals surface area contributed by atoms with Crippen molar-refractivity contribution in [2.75, 3.05) is 13.1 Å². The molecule has 0 aliphatic carbocycles. The van der Waals surface area contributed by atoms with E-state index in [4.69, 9.17) is 5.73 Å². The lowest BCUT2D eigenvalue weighted by Crippen LogP contribution is -2.42. The van der Waals surface area contributed by atoms with E-state index in [1.54, 1.807) is 0 Å². The van der Waals surface area contributed by atoms with Crippen molar-refractivity contribution in [2.45, 2.75) is 57.6 Å². The molecule has 1 unspecified atom stereocenters. The van der Waals surface area contributed by atoms with E-state index in [1.165, 1.54) is 0 Å². The van der Waals surface area contributed by atoms with Crippen molar-refractivity contribution in [3.8, 4) is 0 Å². The van der Waals surface area contributed by atoms with Gasteiger partial charge >= 0.3 is 0 Å². The Labute approximate surface area is 97.8 Å². The van der Waals surface area contributed by atoms with Gasteiger partial charge in [-0.3, -0.25) is 4.79 Å². The van der Waals surface area contributed by atoms with Crippen LogP contribution in [0.1, 0.15) is 46.5 Å². The van der Waals surface area contributed by atoms with Gasteiger partial charge in [0.2, 0.25) is 5.91 Å². The van der Waals surface area contributed by atoms with Crippen molar-refractivity contribution in [1.82, 2.24) is 4.90 Å². The number of hydrogen-bond acceptors (Lipinski definition) is 3. The van der Waals surface area contributed by atoms with Crippen LogP contribution in [0.2, 0.25) is 0 Å². The monoisotopic (exact) mass is 228 g/mol. The number of likely N-dealkylation sites (tertiary alicyclic amines) is 1. The second-order valence-electron chi connectivity index (χ2n) is 5.90. The zero-order valence-electron chi connectivity index (χ0n) is 10.6. The Kier molecular flexibility index (Phi) is 3.97. The maximum Gasteiger partial charge on any atom is 0.224 e. The fourth-order valence-corrected chi connectivity index (χ4v) is 2.01. The number of hydrogen-bond donors (Lipinski definition) is 2. The zero-order valence-corrected chi connectivity index (χ0v) is 10.6. The van der Waals surface area contributed by atoms with E-state index < -0.39 is 11.1 Å². The Morgan fingerprint density at radius 3 is 2.62 bits per heavy atom. The highest BCUT2D eigenvalue weighted by atomic mass is 16.3. The molecular weight excluding hydrogens is 204 g/mol. The predicted octanol–water partition coefficient (Wildman–Crippen LogP) is 0.877. The van der Waals surface area contributed by atoms with Gasteiger partial charge < -0.3 is 15.7 Å². The second-order valence-corrected chi connectivity index (χ2v) is 5.90. The number of nitrogens with two attached hydrogens (primary N) is 1. The molecule has 0 radical (unpaired) electrons. The summed E-state index contributed by atoms with van der Waals surface area (Å²) in [6.45, 7) is 6.94. The van der Waals surface area contributed by atoms with E-state index in [-0.39, 0.29) is 5.91 Å². The first-order valence-corrected chi connectivity index (χ1v) is 5.99. The molecule has 16 heavy (non-hydrogen) atoms. The Bertz CT molecular complexity index is 256. The SMILES string of the molecule is CC(C)(N)CC(=O)N1CCCC(C)(O)CC1. The smallest absolute Gasteiger partial charge is 0.224 e. The first kappa shape index (κ1) is 13.5. The van der Waals surface area contributed by atoms with Crippen LogP contribution in [0.4, 0.5) is 0 Å². The van der Waals surface area contributed by atoms with Crippen LogP contribution >= 0.6 is 0 Å². The van der Waals surface area contributed by atoms with E-state index in [1.807, 2.05) is 25.7 Å². The van der Waals surface area contributed by atoms with Gasteiger partial charge in [0.25, 0.3) is 0 Å². The van der Waals surface area contributed by atoms with E-state index in [0.29, 0.717) is 19.4 Å². The van der Waals surface area contributed by atoms with Crippen LogP contribution in [0.5, 0.6) is 0 Å². The molecule has 1 aliphatic heterocycles. The summed E-state index contributed by atoms with van der Waals surface area (Å²) in [6, 6.07) is 0. The van der Waals surface area contributed by atoms with Crippen LogP contribution < -0.4 is 5.73 Å². The van der Waals surface area contributed by atoms with Crippen molar-refractivity contribution >= 4 is 5.91 Å². The number of rotatable bonds is 2. The number of carbonyl (C=O) groups excluding carboxylic acids is 1. The first-order valence-electron chi connectivity index (χ1n) is 5.99. The summed E-state index contributed by atoms with van der Waals surface area (Å²) in [5.74, 6) is 0.102. The molecule has 0 aromatic carbocycles. The number of amides is 1. The first-order chi connectivity index (χ1) is 7.20. The van der Waals surface area contributed by atoms with Crippen LogP contribution in [0.3, 0.4) is 0 Å². The fraction of sp³-hybridized carbons (Fsp3) is 0.917. The predicted molar refractivity (Wildman–Crippen MR) is 63.9 cm³/mol. The Morgan fingerprint density at radius 2 is 2.06 bits per heavy atom. The minimum atomic E-state index is -0.618. The Hall–Kier alpha value is -0.610. The largest absolute Gasteiger partial charge is 0.390 e. The lowest BCUT2D eigenvalue weighted by Gasteiger charge is -2.26. The van der Waals surface area contributed by atoms with E-state index in [9.17, 15) is 9.90 Å². The number of carbonyl (C=O) groups is 1. The van der Waals surface area contributed by atoms with Crippen LogP contribution in [-0.4, -0.2) is 40.1 Å². The topological polar surface area (TPSA) is 66.6 Å². The molecule has 0 bridgehead atoms. The summed E-state index contributed by atoms with van der Waals surface area (Å²) >= 11 is 0. The highest BCUT2D eigenvalue weighted by Crippen LogP contribution is 2.22. The van der Waals surface area contributed by atoms with Gasteiger partial charge in [0.05, 0.1) is 5.60 Å².